The highest BCUT2D eigenvalue weighted by atomic mass is 16.5. The third-order valence-electron chi connectivity index (χ3n) is 3.65. The van der Waals surface area contributed by atoms with Crippen molar-refractivity contribution in [3.8, 4) is 0 Å². The fourth-order valence-electron chi connectivity index (χ4n) is 2.84. The van der Waals surface area contributed by atoms with E-state index in [4.69, 9.17) is 9.84 Å². The van der Waals surface area contributed by atoms with Gasteiger partial charge in [0.2, 0.25) is 0 Å². The molecule has 0 spiro atoms. The summed E-state index contributed by atoms with van der Waals surface area (Å²) in [6.07, 6.45) is -0.253. The number of hydrogen-bond donors (Lipinski definition) is 2. The van der Waals surface area contributed by atoms with Crippen molar-refractivity contribution >= 4 is 12.0 Å². The average molecular weight is 286 g/mol. The number of morpholine rings is 1. The van der Waals surface area contributed by atoms with Gasteiger partial charge in [-0.3, -0.25) is 4.79 Å². The molecule has 0 aliphatic carbocycles. The van der Waals surface area contributed by atoms with E-state index in [1.165, 1.54) is 0 Å². The number of aliphatic hydroxyl groups excluding tert-OH is 1. The summed E-state index contributed by atoms with van der Waals surface area (Å²) >= 11 is 0. The first kappa shape index (κ1) is 15.1. The van der Waals surface area contributed by atoms with Crippen molar-refractivity contribution in [2.75, 3.05) is 32.8 Å². The molecule has 2 aliphatic rings. The van der Waals surface area contributed by atoms with Gasteiger partial charge in [-0.2, -0.15) is 0 Å². The lowest BCUT2D eigenvalue weighted by Crippen LogP contribution is -2.62. The van der Waals surface area contributed by atoms with Crippen molar-refractivity contribution in [3.05, 3.63) is 0 Å². The molecule has 20 heavy (non-hydrogen) atoms. The van der Waals surface area contributed by atoms with Crippen molar-refractivity contribution in [2.24, 2.45) is 5.92 Å². The molecule has 0 radical (unpaired) electrons. The number of nitrogens with zero attached hydrogens (tertiary/aromatic N) is 2. The van der Waals surface area contributed by atoms with Crippen LogP contribution in [0.4, 0.5) is 4.79 Å². The predicted octanol–water partition coefficient (Wildman–Crippen LogP) is -0.0154. The van der Waals surface area contributed by atoms with Gasteiger partial charge >= 0.3 is 12.0 Å². The molecule has 2 amide bonds. The second-order valence-electron chi connectivity index (χ2n) is 6.21. The summed E-state index contributed by atoms with van der Waals surface area (Å²) in [5.41, 5.74) is -0.480. The molecule has 1 atom stereocenters. The zero-order chi connectivity index (χ0) is 14.9. The Morgan fingerprint density at radius 1 is 1.25 bits per heavy atom. The minimum atomic E-state index is -0.824. The van der Waals surface area contributed by atoms with Crippen LogP contribution in [0.3, 0.4) is 0 Å². The number of ether oxygens (including phenoxy) is 1. The molecule has 0 saturated carbocycles. The number of aliphatic carboxylic acids is 1. The maximum absolute atomic E-state index is 12.3. The zero-order valence-electron chi connectivity index (χ0n) is 11.9. The lowest BCUT2D eigenvalue weighted by Gasteiger charge is -2.47. The number of likely N-dealkylation sites (tertiary alicyclic amines) is 1. The van der Waals surface area contributed by atoms with Gasteiger partial charge in [0, 0.05) is 19.0 Å². The zero-order valence-corrected chi connectivity index (χ0v) is 11.9. The number of amides is 2. The standard InChI is InChI=1S/C13H22N2O5/c1-13(2)8-15(6-10(7-16)20-13)12(19)14-4-9(5-14)3-11(17)18/h9-10,16H,3-8H2,1-2H3,(H,17,18). The van der Waals surface area contributed by atoms with Gasteiger partial charge in [0.15, 0.2) is 0 Å². The molecule has 2 rings (SSSR count). The van der Waals surface area contributed by atoms with Gasteiger partial charge in [-0.1, -0.05) is 0 Å². The third kappa shape index (κ3) is 3.40. The lowest BCUT2D eigenvalue weighted by molar-refractivity contribution is -0.143. The molecule has 7 heteroatoms. The van der Waals surface area contributed by atoms with Gasteiger partial charge in [0.05, 0.1) is 37.8 Å². The summed E-state index contributed by atoms with van der Waals surface area (Å²) in [5.74, 6) is -0.769. The van der Waals surface area contributed by atoms with E-state index >= 15 is 0 Å². The Morgan fingerprint density at radius 3 is 2.45 bits per heavy atom. The Balaban J connectivity index is 1.88. The van der Waals surface area contributed by atoms with Crippen LogP contribution in [0.25, 0.3) is 0 Å². The number of urea groups is 1. The van der Waals surface area contributed by atoms with Crippen LogP contribution in [0.5, 0.6) is 0 Å². The Kier molecular flexibility index (Phi) is 4.19. The highest BCUT2D eigenvalue weighted by molar-refractivity contribution is 5.76. The molecule has 114 valence electrons. The van der Waals surface area contributed by atoms with Crippen LogP contribution in [-0.4, -0.2) is 76.5 Å². The Bertz CT molecular complexity index is 392. The average Bonchev–Trinajstić information content (AvgIpc) is 2.30. The van der Waals surface area contributed by atoms with Crippen molar-refractivity contribution in [3.63, 3.8) is 0 Å². The van der Waals surface area contributed by atoms with Gasteiger partial charge in [-0.25, -0.2) is 4.79 Å². The molecule has 0 aromatic heterocycles. The molecule has 2 N–H and O–H groups in total. The Morgan fingerprint density at radius 2 is 1.90 bits per heavy atom. The summed E-state index contributed by atoms with van der Waals surface area (Å²) < 4.78 is 5.67. The quantitative estimate of drug-likeness (QED) is 0.761. The van der Waals surface area contributed by atoms with E-state index in [-0.39, 0.29) is 31.1 Å². The van der Waals surface area contributed by atoms with Gasteiger partial charge in [-0.05, 0) is 13.8 Å². The molecular formula is C13H22N2O5. The topological polar surface area (TPSA) is 90.3 Å². The van der Waals surface area contributed by atoms with Gasteiger partial charge in [0.25, 0.3) is 0 Å². The fraction of sp³-hybridized carbons (Fsp3) is 0.846. The van der Waals surface area contributed by atoms with Gasteiger partial charge < -0.3 is 24.7 Å². The van der Waals surface area contributed by atoms with E-state index < -0.39 is 11.6 Å². The largest absolute Gasteiger partial charge is 0.481 e. The molecule has 2 heterocycles. The highest BCUT2D eigenvalue weighted by Gasteiger charge is 2.40. The molecule has 0 aromatic carbocycles. The maximum Gasteiger partial charge on any atom is 0.320 e. The normalized spacial score (nSPS) is 26.2. The fourth-order valence-corrected chi connectivity index (χ4v) is 2.84. The number of carboxylic acid groups (broad SMARTS) is 1. The van der Waals surface area contributed by atoms with E-state index in [0.717, 1.165) is 0 Å². The third-order valence-corrected chi connectivity index (χ3v) is 3.65. The van der Waals surface area contributed by atoms with E-state index in [1.807, 2.05) is 13.8 Å². The van der Waals surface area contributed by atoms with Crippen LogP contribution < -0.4 is 0 Å². The van der Waals surface area contributed by atoms with Crippen molar-refractivity contribution in [1.82, 2.24) is 9.80 Å². The first-order chi connectivity index (χ1) is 9.30. The van der Waals surface area contributed by atoms with Crippen LogP contribution in [-0.2, 0) is 9.53 Å². The second-order valence-corrected chi connectivity index (χ2v) is 6.21. The van der Waals surface area contributed by atoms with Crippen molar-refractivity contribution in [2.45, 2.75) is 32.0 Å². The SMILES string of the molecule is CC1(C)CN(C(=O)N2CC(CC(=O)O)C2)CC(CO)O1. The van der Waals surface area contributed by atoms with E-state index in [9.17, 15) is 14.7 Å². The number of carboxylic acids is 1. The minimum absolute atomic E-state index is 0.0548. The molecule has 2 fully saturated rings. The Hall–Kier alpha value is -1.34. The van der Waals surface area contributed by atoms with E-state index in [0.29, 0.717) is 26.2 Å². The summed E-state index contributed by atoms with van der Waals surface area (Å²) in [7, 11) is 0. The first-order valence-corrected chi connectivity index (χ1v) is 6.85. The molecule has 2 aliphatic heterocycles. The van der Waals surface area contributed by atoms with Crippen molar-refractivity contribution < 1.29 is 24.5 Å². The maximum atomic E-state index is 12.3. The molecule has 2 saturated heterocycles. The molecule has 7 nitrogen and oxygen atoms in total. The summed E-state index contributed by atoms with van der Waals surface area (Å²) in [6.45, 7) is 5.49. The number of aliphatic hydroxyl groups is 1. The smallest absolute Gasteiger partial charge is 0.320 e. The summed E-state index contributed by atoms with van der Waals surface area (Å²) in [4.78, 5) is 26.3. The molecular weight excluding hydrogens is 264 g/mol. The van der Waals surface area contributed by atoms with E-state index in [2.05, 4.69) is 0 Å². The number of carbonyl (C=O) groups excluding carboxylic acids is 1. The lowest BCUT2D eigenvalue weighted by atomic mass is 9.96. The van der Waals surface area contributed by atoms with E-state index in [1.54, 1.807) is 9.80 Å². The predicted molar refractivity (Wildman–Crippen MR) is 70.3 cm³/mol. The van der Waals surface area contributed by atoms with Crippen LogP contribution in [0.2, 0.25) is 0 Å². The van der Waals surface area contributed by atoms with Crippen LogP contribution in [0.15, 0.2) is 0 Å². The van der Waals surface area contributed by atoms with Crippen molar-refractivity contribution in [1.29, 1.82) is 0 Å². The summed E-state index contributed by atoms with van der Waals surface area (Å²) in [6, 6.07) is -0.0959. The monoisotopic (exact) mass is 286 g/mol. The highest BCUT2D eigenvalue weighted by Crippen LogP contribution is 2.25. The summed E-state index contributed by atoms with van der Waals surface area (Å²) in [5, 5.41) is 17.9. The number of rotatable bonds is 3. The van der Waals surface area contributed by atoms with Crippen LogP contribution in [0, 0.1) is 5.92 Å². The van der Waals surface area contributed by atoms with Gasteiger partial charge in [0.1, 0.15) is 0 Å². The first-order valence-electron chi connectivity index (χ1n) is 6.85. The minimum Gasteiger partial charge on any atom is -0.481 e. The number of hydrogen-bond acceptors (Lipinski definition) is 4. The Labute approximate surface area is 118 Å². The van der Waals surface area contributed by atoms with Gasteiger partial charge in [-0.15, -0.1) is 0 Å². The van der Waals surface area contributed by atoms with Crippen LogP contribution >= 0.6 is 0 Å². The molecule has 0 bridgehead atoms. The molecule has 0 aromatic rings. The molecule has 1 unspecified atom stereocenters. The number of carbonyl (C=O) groups is 2. The second kappa shape index (κ2) is 5.57. The van der Waals surface area contributed by atoms with Crippen LogP contribution in [0.1, 0.15) is 20.3 Å².